The van der Waals surface area contributed by atoms with Gasteiger partial charge in [0, 0.05) is 36.8 Å². The van der Waals surface area contributed by atoms with Crippen LogP contribution < -0.4 is 29.6 Å². The predicted octanol–water partition coefficient (Wildman–Crippen LogP) is 6.10. The van der Waals surface area contributed by atoms with Gasteiger partial charge in [-0.2, -0.15) is 0 Å². The summed E-state index contributed by atoms with van der Waals surface area (Å²) in [5, 5.41) is 5.43. The van der Waals surface area contributed by atoms with E-state index in [-0.39, 0.29) is 31.8 Å². The Kier molecular flexibility index (Phi) is 17.7. The SMILES string of the molecule is CCCC(=O)Oc1ccc(CC(NC(=O)c2ccc(O/C=C/CCC(=O)Oc3ccc(CC(NC(=O)c4ccc(OC)cc4)C(=O)OCC)cc3)cc2)C(=O)OC)cc1. The number of esters is 4. The smallest absolute Gasteiger partial charge is 0.328 e. The monoisotopic (exact) mass is 808 g/mol. The molecule has 2 atom stereocenters. The molecule has 14 nitrogen and oxygen atoms in total. The van der Waals surface area contributed by atoms with Gasteiger partial charge < -0.3 is 39.1 Å². The molecule has 2 amide bonds. The Bertz CT molecular complexity index is 2040. The van der Waals surface area contributed by atoms with Crippen molar-refractivity contribution in [3.8, 4) is 23.0 Å². The van der Waals surface area contributed by atoms with E-state index in [1.807, 2.05) is 6.92 Å². The number of hydrogen-bond donors (Lipinski definition) is 2. The van der Waals surface area contributed by atoms with Crippen molar-refractivity contribution in [3.05, 3.63) is 132 Å². The van der Waals surface area contributed by atoms with E-state index in [4.69, 9.17) is 28.4 Å². The lowest BCUT2D eigenvalue weighted by molar-refractivity contribution is -0.145. The first kappa shape index (κ1) is 44.8. The standard InChI is InChI=1S/C45H48N2O12/c1-5-9-40(48)58-36-19-11-30(12-20-36)28-38(44(52)55-4)46-42(50)33-17-25-35(26-18-33)57-27-8-7-10-41(49)59-37-21-13-31(14-22-37)29-39(45(53)56-6-2)47-43(51)32-15-23-34(54-3)24-16-32/h8,11-27,38-39H,5-7,9-10,28-29H2,1-4H3,(H,46,50)(H,47,51)/b27-8+. The largest absolute Gasteiger partial charge is 0.497 e. The second-order valence-electron chi connectivity index (χ2n) is 13.0. The minimum Gasteiger partial charge on any atom is -0.497 e. The van der Waals surface area contributed by atoms with E-state index < -0.39 is 41.8 Å². The summed E-state index contributed by atoms with van der Waals surface area (Å²) < 4.78 is 31.5. The van der Waals surface area contributed by atoms with Crippen LogP contribution in [0.5, 0.6) is 23.0 Å². The number of carbonyl (C=O) groups is 6. The number of benzene rings is 4. The van der Waals surface area contributed by atoms with E-state index in [2.05, 4.69) is 10.6 Å². The van der Waals surface area contributed by atoms with Crippen molar-refractivity contribution in [2.75, 3.05) is 20.8 Å². The minimum atomic E-state index is -0.964. The maximum atomic E-state index is 13.0. The Balaban J connectivity index is 1.21. The number of allylic oxidation sites excluding steroid dienone is 1. The molecule has 0 aliphatic rings. The summed E-state index contributed by atoms with van der Waals surface area (Å²) in [5.74, 6) is -1.17. The summed E-state index contributed by atoms with van der Waals surface area (Å²) in [5.41, 5.74) is 2.09. The van der Waals surface area contributed by atoms with Crippen molar-refractivity contribution in [2.24, 2.45) is 0 Å². The molecule has 0 heterocycles. The maximum absolute atomic E-state index is 13.0. The fourth-order valence-corrected chi connectivity index (χ4v) is 5.51. The molecule has 0 fully saturated rings. The van der Waals surface area contributed by atoms with Gasteiger partial charge in [-0.25, -0.2) is 9.59 Å². The number of ether oxygens (including phenoxy) is 6. The fraction of sp³-hybridized carbons (Fsp3) is 0.289. The molecule has 0 aliphatic carbocycles. The van der Waals surface area contributed by atoms with Crippen molar-refractivity contribution >= 4 is 35.7 Å². The fourth-order valence-electron chi connectivity index (χ4n) is 5.51. The van der Waals surface area contributed by atoms with Crippen LogP contribution in [0.4, 0.5) is 0 Å². The van der Waals surface area contributed by atoms with Crippen molar-refractivity contribution in [3.63, 3.8) is 0 Å². The second-order valence-corrected chi connectivity index (χ2v) is 13.0. The highest BCUT2D eigenvalue weighted by Crippen LogP contribution is 2.19. The van der Waals surface area contributed by atoms with Gasteiger partial charge in [0.2, 0.25) is 0 Å². The van der Waals surface area contributed by atoms with E-state index in [1.165, 1.54) is 20.5 Å². The third-order valence-electron chi connectivity index (χ3n) is 8.60. The van der Waals surface area contributed by atoms with E-state index >= 15 is 0 Å². The molecule has 0 aliphatic heterocycles. The molecule has 0 saturated carbocycles. The molecule has 4 rings (SSSR count). The molecule has 0 saturated heterocycles. The first-order valence-electron chi connectivity index (χ1n) is 19.0. The quantitative estimate of drug-likeness (QED) is 0.0562. The molecule has 14 heteroatoms. The zero-order chi connectivity index (χ0) is 42.6. The molecule has 0 bridgehead atoms. The van der Waals surface area contributed by atoms with Crippen molar-refractivity contribution in [1.82, 2.24) is 10.6 Å². The highest BCUT2D eigenvalue weighted by Gasteiger charge is 2.24. The van der Waals surface area contributed by atoms with Gasteiger partial charge in [-0.3, -0.25) is 19.2 Å². The molecular weight excluding hydrogens is 760 g/mol. The average Bonchev–Trinajstić information content (AvgIpc) is 3.24. The van der Waals surface area contributed by atoms with Crippen molar-refractivity contribution in [2.45, 2.75) is 64.5 Å². The highest BCUT2D eigenvalue weighted by molar-refractivity contribution is 5.97. The van der Waals surface area contributed by atoms with Crippen molar-refractivity contribution < 1.29 is 57.2 Å². The molecular formula is C45H48N2O12. The number of amides is 2. The third-order valence-corrected chi connectivity index (χ3v) is 8.60. The summed E-state index contributed by atoms with van der Waals surface area (Å²) >= 11 is 0. The Morgan fingerprint density at radius 1 is 0.576 bits per heavy atom. The maximum Gasteiger partial charge on any atom is 0.328 e. The van der Waals surface area contributed by atoms with Gasteiger partial charge in [0.25, 0.3) is 11.8 Å². The number of rotatable bonds is 21. The minimum absolute atomic E-state index is 0.0704. The van der Waals surface area contributed by atoms with Gasteiger partial charge in [0.05, 0.1) is 27.1 Å². The van der Waals surface area contributed by atoms with Gasteiger partial charge in [-0.1, -0.05) is 31.2 Å². The van der Waals surface area contributed by atoms with Gasteiger partial charge in [0.15, 0.2) is 0 Å². The van der Waals surface area contributed by atoms with Crippen LogP contribution in [0.25, 0.3) is 0 Å². The molecule has 310 valence electrons. The summed E-state index contributed by atoms with van der Waals surface area (Å²) in [7, 11) is 2.76. The van der Waals surface area contributed by atoms with Gasteiger partial charge in [-0.15, -0.1) is 0 Å². The first-order valence-corrected chi connectivity index (χ1v) is 19.0. The lowest BCUT2D eigenvalue weighted by atomic mass is 10.0. The van der Waals surface area contributed by atoms with Crippen LogP contribution in [0.1, 0.15) is 71.4 Å². The molecule has 4 aromatic rings. The van der Waals surface area contributed by atoms with E-state index in [0.717, 1.165) is 5.56 Å². The number of carbonyl (C=O) groups excluding carboxylic acids is 6. The molecule has 0 aromatic heterocycles. The van der Waals surface area contributed by atoms with Crippen molar-refractivity contribution in [1.29, 1.82) is 0 Å². The normalized spacial score (nSPS) is 11.7. The number of hydrogen-bond acceptors (Lipinski definition) is 12. The van der Waals surface area contributed by atoms with E-state index in [9.17, 15) is 28.8 Å². The zero-order valence-electron chi connectivity index (χ0n) is 33.4. The van der Waals surface area contributed by atoms with Gasteiger partial charge in [0.1, 0.15) is 35.1 Å². The Morgan fingerprint density at radius 2 is 1.03 bits per heavy atom. The van der Waals surface area contributed by atoms with Crippen LogP contribution in [0.3, 0.4) is 0 Å². The molecule has 0 radical (unpaired) electrons. The highest BCUT2D eigenvalue weighted by atomic mass is 16.5. The van der Waals surface area contributed by atoms with E-state index in [0.29, 0.717) is 59.0 Å². The molecule has 4 aromatic carbocycles. The zero-order valence-corrected chi connectivity index (χ0v) is 33.4. The molecule has 2 N–H and O–H groups in total. The van der Waals surface area contributed by atoms with Crippen LogP contribution in [-0.4, -0.2) is 68.6 Å². The summed E-state index contributed by atoms with van der Waals surface area (Å²) in [4.78, 5) is 75.2. The predicted molar refractivity (Wildman–Crippen MR) is 216 cm³/mol. The van der Waals surface area contributed by atoms with Crippen LogP contribution >= 0.6 is 0 Å². The second kappa shape index (κ2) is 23.3. The third kappa shape index (κ3) is 14.8. The van der Waals surface area contributed by atoms with Crippen LogP contribution in [-0.2, 0) is 41.5 Å². The summed E-state index contributed by atoms with van der Waals surface area (Å²) in [6, 6.07) is 24.1. The van der Waals surface area contributed by atoms with E-state index in [1.54, 1.807) is 110 Å². The lowest BCUT2D eigenvalue weighted by Gasteiger charge is -2.18. The number of methoxy groups -OCH3 is 2. The summed E-state index contributed by atoms with van der Waals surface area (Å²) in [6.45, 7) is 3.72. The average molecular weight is 809 g/mol. The summed E-state index contributed by atoms with van der Waals surface area (Å²) in [6.07, 6.45) is 4.77. The first-order chi connectivity index (χ1) is 28.5. The topological polar surface area (TPSA) is 182 Å². The Morgan fingerprint density at radius 3 is 1.49 bits per heavy atom. The molecule has 59 heavy (non-hydrogen) atoms. The Labute approximate surface area is 342 Å². The lowest BCUT2D eigenvalue weighted by Crippen LogP contribution is -2.43. The van der Waals surface area contributed by atoms with Gasteiger partial charge in [-0.05, 0) is 110 Å². The molecule has 0 spiro atoms. The van der Waals surface area contributed by atoms with Crippen LogP contribution in [0, 0.1) is 0 Å². The Hall–Kier alpha value is -6.96. The number of nitrogens with one attached hydrogen (secondary N) is 2. The van der Waals surface area contributed by atoms with Crippen LogP contribution in [0.15, 0.2) is 109 Å². The van der Waals surface area contributed by atoms with Gasteiger partial charge >= 0.3 is 23.9 Å². The molecule has 2 unspecified atom stereocenters. The van der Waals surface area contributed by atoms with Crippen LogP contribution in [0.2, 0.25) is 0 Å².